The predicted molar refractivity (Wildman–Crippen MR) is 77.4 cm³/mol. The van der Waals surface area contributed by atoms with Crippen LogP contribution in [0, 0.1) is 24.2 Å². The summed E-state index contributed by atoms with van der Waals surface area (Å²) in [7, 11) is 0. The molecule has 0 radical (unpaired) electrons. The highest BCUT2D eigenvalue weighted by molar-refractivity contribution is 5.15. The molecule has 1 saturated carbocycles. The fraction of sp³-hybridized carbons (Fsp3) is 0.875. The zero-order valence-electron chi connectivity index (χ0n) is 12.6. The van der Waals surface area contributed by atoms with Crippen LogP contribution in [-0.4, -0.2) is 35.1 Å². The van der Waals surface area contributed by atoms with Crippen LogP contribution >= 0.6 is 0 Å². The minimum Gasteiger partial charge on any atom is -0.308 e. The van der Waals surface area contributed by atoms with Crippen LogP contribution < -0.4 is 5.32 Å². The van der Waals surface area contributed by atoms with Crippen molar-refractivity contribution in [1.82, 2.24) is 10.2 Å². The van der Waals surface area contributed by atoms with E-state index in [2.05, 4.69) is 50.8 Å². The second-order valence-electron chi connectivity index (χ2n) is 7.22. The van der Waals surface area contributed by atoms with Crippen LogP contribution in [0.3, 0.4) is 0 Å². The Hall–Kier alpha value is -0.520. The van der Waals surface area contributed by atoms with Crippen molar-refractivity contribution in [2.75, 3.05) is 13.1 Å². The summed E-state index contributed by atoms with van der Waals surface area (Å²) in [5.41, 5.74) is 0.118. The van der Waals surface area contributed by atoms with Crippen molar-refractivity contribution in [3.05, 3.63) is 0 Å². The van der Waals surface area contributed by atoms with Crippen molar-refractivity contribution in [2.24, 2.45) is 11.8 Å². The fourth-order valence-corrected chi connectivity index (χ4v) is 3.26. The molecule has 0 aromatic heterocycles. The van der Waals surface area contributed by atoms with E-state index >= 15 is 0 Å². The van der Waals surface area contributed by atoms with Gasteiger partial charge in [-0.2, -0.15) is 0 Å². The number of hydrogen-bond acceptors (Lipinski definition) is 2. The highest BCUT2D eigenvalue weighted by Gasteiger charge is 2.49. The molecule has 0 aromatic carbocycles. The van der Waals surface area contributed by atoms with E-state index in [1.54, 1.807) is 0 Å². The molecule has 1 heterocycles. The lowest BCUT2D eigenvalue weighted by Gasteiger charge is -2.52. The number of hydrogen-bond donors (Lipinski definition) is 1. The summed E-state index contributed by atoms with van der Waals surface area (Å²) in [6.45, 7) is 13.5. The molecule has 2 aliphatic rings. The molecule has 2 rings (SSSR count). The molecule has 1 N–H and O–H groups in total. The lowest BCUT2D eigenvalue weighted by Crippen LogP contribution is -2.69. The van der Waals surface area contributed by atoms with Gasteiger partial charge < -0.3 is 5.32 Å². The molecule has 2 fully saturated rings. The van der Waals surface area contributed by atoms with Crippen LogP contribution in [0.2, 0.25) is 0 Å². The zero-order valence-corrected chi connectivity index (χ0v) is 12.6. The molecular formula is C16H28N2. The minimum absolute atomic E-state index is 0.146. The molecule has 1 saturated heterocycles. The lowest BCUT2D eigenvalue weighted by atomic mass is 9.84. The monoisotopic (exact) mass is 248 g/mol. The van der Waals surface area contributed by atoms with Crippen LogP contribution in [0.1, 0.15) is 47.5 Å². The molecular weight excluding hydrogens is 220 g/mol. The van der Waals surface area contributed by atoms with Gasteiger partial charge in [0.05, 0.1) is 5.54 Å². The first-order chi connectivity index (χ1) is 8.30. The highest BCUT2D eigenvalue weighted by atomic mass is 15.3. The van der Waals surface area contributed by atoms with Crippen LogP contribution in [0.4, 0.5) is 0 Å². The van der Waals surface area contributed by atoms with Crippen molar-refractivity contribution >= 4 is 0 Å². The van der Waals surface area contributed by atoms with Gasteiger partial charge in [-0.3, -0.25) is 4.90 Å². The maximum absolute atomic E-state index is 5.77. The number of terminal acetylenes is 1. The van der Waals surface area contributed by atoms with Gasteiger partial charge in [-0.15, -0.1) is 6.42 Å². The van der Waals surface area contributed by atoms with Gasteiger partial charge in [0.15, 0.2) is 0 Å². The van der Waals surface area contributed by atoms with E-state index in [9.17, 15) is 0 Å². The molecule has 1 aliphatic heterocycles. The first kappa shape index (κ1) is 13.9. The Kier molecular flexibility index (Phi) is 3.51. The van der Waals surface area contributed by atoms with Gasteiger partial charge in [0.1, 0.15) is 0 Å². The largest absolute Gasteiger partial charge is 0.308 e. The van der Waals surface area contributed by atoms with E-state index in [0.29, 0.717) is 12.0 Å². The van der Waals surface area contributed by atoms with E-state index in [-0.39, 0.29) is 11.1 Å². The Labute approximate surface area is 113 Å². The zero-order chi connectivity index (χ0) is 13.6. The van der Waals surface area contributed by atoms with Gasteiger partial charge in [-0.1, -0.05) is 19.8 Å². The molecule has 2 unspecified atom stereocenters. The Morgan fingerprint density at radius 3 is 2.44 bits per heavy atom. The van der Waals surface area contributed by atoms with Crippen molar-refractivity contribution < 1.29 is 0 Å². The molecule has 102 valence electrons. The lowest BCUT2D eigenvalue weighted by molar-refractivity contribution is 0.00439. The minimum atomic E-state index is -0.146. The normalized spacial score (nSPS) is 34.6. The van der Waals surface area contributed by atoms with E-state index in [4.69, 9.17) is 6.42 Å². The summed E-state index contributed by atoms with van der Waals surface area (Å²) in [5, 5.41) is 3.80. The summed E-state index contributed by atoms with van der Waals surface area (Å²) < 4.78 is 0. The average molecular weight is 248 g/mol. The Morgan fingerprint density at radius 2 is 2.00 bits per heavy atom. The Morgan fingerprint density at radius 1 is 1.39 bits per heavy atom. The Bertz CT molecular complexity index is 349. The van der Waals surface area contributed by atoms with Crippen LogP contribution in [-0.2, 0) is 0 Å². The smallest absolute Gasteiger partial charge is 0.0769 e. The average Bonchev–Trinajstić information content (AvgIpc) is 3.12. The topological polar surface area (TPSA) is 15.3 Å². The molecule has 2 nitrogen and oxygen atoms in total. The van der Waals surface area contributed by atoms with E-state index in [1.165, 1.54) is 12.8 Å². The predicted octanol–water partition coefficient (Wildman–Crippen LogP) is 2.50. The summed E-state index contributed by atoms with van der Waals surface area (Å²) in [5.74, 6) is 4.47. The van der Waals surface area contributed by atoms with E-state index < -0.39 is 0 Å². The molecule has 18 heavy (non-hydrogen) atoms. The quantitative estimate of drug-likeness (QED) is 0.772. The number of nitrogens with zero attached hydrogens (tertiary/aromatic N) is 1. The molecule has 0 spiro atoms. The molecule has 0 bridgehead atoms. The fourth-order valence-electron chi connectivity index (χ4n) is 3.26. The first-order valence-electron chi connectivity index (χ1n) is 7.30. The van der Waals surface area contributed by atoms with Crippen LogP contribution in [0.5, 0.6) is 0 Å². The molecule has 0 aromatic rings. The van der Waals surface area contributed by atoms with Gasteiger partial charge in [-0.05, 0) is 45.4 Å². The molecule has 2 heteroatoms. The van der Waals surface area contributed by atoms with Gasteiger partial charge in [0.25, 0.3) is 0 Å². The maximum Gasteiger partial charge on any atom is 0.0769 e. The third-order valence-electron chi connectivity index (χ3n) is 4.93. The van der Waals surface area contributed by atoms with Crippen LogP contribution in [0.25, 0.3) is 0 Å². The molecule has 2 atom stereocenters. The standard InChI is InChI=1S/C16H28N2/c1-7-15(4,5)18-11-16(6,13-8-9-13)17-10-14(18)12(2)3/h1,12-14,17H,8-11H2,2-6H3. The van der Waals surface area contributed by atoms with Gasteiger partial charge >= 0.3 is 0 Å². The van der Waals surface area contributed by atoms with Gasteiger partial charge in [0, 0.05) is 24.7 Å². The highest BCUT2D eigenvalue weighted by Crippen LogP contribution is 2.42. The number of rotatable bonds is 3. The third-order valence-corrected chi connectivity index (χ3v) is 4.93. The van der Waals surface area contributed by atoms with Crippen molar-refractivity contribution in [3.63, 3.8) is 0 Å². The summed E-state index contributed by atoms with van der Waals surface area (Å²) in [4.78, 5) is 2.56. The maximum atomic E-state index is 5.77. The summed E-state index contributed by atoms with van der Waals surface area (Å²) in [6, 6.07) is 0.544. The first-order valence-corrected chi connectivity index (χ1v) is 7.30. The van der Waals surface area contributed by atoms with Crippen molar-refractivity contribution in [3.8, 4) is 12.3 Å². The second-order valence-corrected chi connectivity index (χ2v) is 7.22. The summed E-state index contributed by atoms with van der Waals surface area (Å²) in [6.07, 6.45) is 8.52. The molecule has 1 aliphatic carbocycles. The molecule has 0 amide bonds. The van der Waals surface area contributed by atoms with Crippen LogP contribution in [0.15, 0.2) is 0 Å². The number of nitrogens with one attached hydrogen (secondary N) is 1. The number of piperazine rings is 1. The van der Waals surface area contributed by atoms with E-state index in [0.717, 1.165) is 19.0 Å². The summed E-state index contributed by atoms with van der Waals surface area (Å²) >= 11 is 0. The second kappa shape index (κ2) is 4.54. The van der Waals surface area contributed by atoms with Crippen molar-refractivity contribution in [1.29, 1.82) is 0 Å². The van der Waals surface area contributed by atoms with E-state index in [1.807, 2.05) is 0 Å². The van der Waals surface area contributed by atoms with Gasteiger partial charge in [0.2, 0.25) is 0 Å². The van der Waals surface area contributed by atoms with Gasteiger partial charge in [-0.25, -0.2) is 0 Å². The Balaban J connectivity index is 2.21. The third kappa shape index (κ3) is 2.44. The van der Waals surface area contributed by atoms with Crippen molar-refractivity contribution in [2.45, 2.75) is 64.6 Å². The SMILES string of the molecule is C#CC(C)(C)N1CC(C)(C2CC2)NCC1C(C)C.